The quantitative estimate of drug-likeness (QED) is 0.478. The number of anilines is 2. The van der Waals surface area contributed by atoms with Gasteiger partial charge in [-0.2, -0.15) is 9.90 Å². The fraction of sp³-hybridized carbons (Fsp3) is 0.190. The summed E-state index contributed by atoms with van der Waals surface area (Å²) in [5, 5.41) is 20.0. The molecular formula is C21H21ClN8O. The van der Waals surface area contributed by atoms with Gasteiger partial charge < -0.3 is 10.2 Å². The molecule has 0 saturated heterocycles. The first-order chi connectivity index (χ1) is 15.0. The number of hydrogen-bond donors (Lipinski definition) is 1. The van der Waals surface area contributed by atoms with Gasteiger partial charge in [0.1, 0.15) is 12.4 Å². The zero-order valence-electron chi connectivity index (χ0n) is 17.1. The van der Waals surface area contributed by atoms with Gasteiger partial charge in [0.2, 0.25) is 11.7 Å². The first-order valence-electron chi connectivity index (χ1n) is 9.59. The van der Waals surface area contributed by atoms with Crippen LogP contribution < -0.4 is 10.2 Å². The summed E-state index contributed by atoms with van der Waals surface area (Å²) < 4.78 is 1.73. The van der Waals surface area contributed by atoms with Crippen LogP contribution in [0, 0.1) is 0 Å². The van der Waals surface area contributed by atoms with E-state index < -0.39 is 0 Å². The molecule has 4 aromatic rings. The number of hydrogen-bond acceptors (Lipinski definition) is 6. The summed E-state index contributed by atoms with van der Waals surface area (Å²) in [5.41, 5.74) is 2.97. The third-order valence-electron chi connectivity index (χ3n) is 4.61. The molecule has 0 fully saturated rings. The van der Waals surface area contributed by atoms with Gasteiger partial charge in [-0.25, -0.2) is 4.68 Å². The van der Waals surface area contributed by atoms with Crippen molar-refractivity contribution in [3.63, 3.8) is 0 Å². The van der Waals surface area contributed by atoms with Crippen molar-refractivity contribution in [1.82, 2.24) is 30.0 Å². The average molecular weight is 437 g/mol. The number of tetrazole rings is 1. The van der Waals surface area contributed by atoms with E-state index in [1.807, 2.05) is 43.3 Å². The van der Waals surface area contributed by atoms with E-state index in [4.69, 9.17) is 11.6 Å². The number of carbonyl (C=O) groups is 1. The van der Waals surface area contributed by atoms with Gasteiger partial charge in [0.25, 0.3) is 0 Å². The van der Waals surface area contributed by atoms with Crippen LogP contribution in [-0.2, 0) is 17.9 Å². The van der Waals surface area contributed by atoms with Crippen molar-refractivity contribution < 1.29 is 4.79 Å². The van der Waals surface area contributed by atoms with Crippen molar-refractivity contribution in [3.05, 3.63) is 71.4 Å². The van der Waals surface area contributed by atoms with E-state index in [1.165, 1.54) is 4.80 Å². The van der Waals surface area contributed by atoms with Gasteiger partial charge in [0.05, 0.1) is 12.7 Å². The Morgan fingerprint density at radius 2 is 1.81 bits per heavy atom. The second-order valence-electron chi connectivity index (χ2n) is 7.13. The average Bonchev–Trinajstić information content (AvgIpc) is 3.39. The van der Waals surface area contributed by atoms with Crippen LogP contribution in [0.2, 0.25) is 5.02 Å². The molecular weight excluding hydrogens is 416 g/mol. The van der Waals surface area contributed by atoms with Gasteiger partial charge in [0, 0.05) is 36.4 Å². The first kappa shape index (κ1) is 20.5. The monoisotopic (exact) mass is 436 g/mol. The Kier molecular flexibility index (Phi) is 5.94. The molecule has 0 radical (unpaired) electrons. The smallest absolute Gasteiger partial charge is 0.249 e. The Balaban J connectivity index is 1.38. The normalized spacial score (nSPS) is 10.8. The third kappa shape index (κ3) is 5.07. The Bertz CT molecular complexity index is 1160. The maximum absolute atomic E-state index is 12.5. The minimum atomic E-state index is -0.273. The fourth-order valence-corrected chi connectivity index (χ4v) is 3.10. The molecule has 0 saturated carbocycles. The zero-order valence-corrected chi connectivity index (χ0v) is 17.9. The molecule has 1 N–H and O–H groups in total. The topological polar surface area (TPSA) is 93.8 Å². The Morgan fingerprint density at radius 3 is 2.52 bits per heavy atom. The van der Waals surface area contributed by atoms with Gasteiger partial charge >= 0.3 is 0 Å². The minimum Gasteiger partial charge on any atom is -0.378 e. The van der Waals surface area contributed by atoms with Crippen LogP contribution in [0.15, 0.2) is 60.8 Å². The van der Waals surface area contributed by atoms with Crippen LogP contribution in [-0.4, -0.2) is 50.0 Å². The number of benzene rings is 2. The summed E-state index contributed by atoms with van der Waals surface area (Å²) >= 11 is 5.90. The summed E-state index contributed by atoms with van der Waals surface area (Å²) in [4.78, 5) is 15.8. The molecule has 0 aliphatic carbocycles. The van der Waals surface area contributed by atoms with Gasteiger partial charge in [-0.05, 0) is 47.2 Å². The molecule has 0 aliphatic rings. The first-order valence-corrected chi connectivity index (χ1v) is 9.97. The fourth-order valence-electron chi connectivity index (χ4n) is 2.97. The number of rotatable bonds is 7. The van der Waals surface area contributed by atoms with Crippen molar-refractivity contribution in [2.45, 2.75) is 13.1 Å². The van der Waals surface area contributed by atoms with Gasteiger partial charge in [-0.3, -0.25) is 4.79 Å². The van der Waals surface area contributed by atoms with E-state index in [9.17, 15) is 4.79 Å². The van der Waals surface area contributed by atoms with E-state index >= 15 is 0 Å². The molecule has 2 aromatic carbocycles. The number of carbonyl (C=O) groups excluding carboxylic acids is 1. The summed E-state index contributed by atoms with van der Waals surface area (Å²) in [7, 11) is 4.00. The highest BCUT2D eigenvalue weighted by Gasteiger charge is 2.12. The van der Waals surface area contributed by atoms with Crippen molar-refractivity contribution >= 4 is 29.0 Å². The van der Waals surface area contributed by atoms with Crippen molar-refractivity contribution in [2.75, 3.05) is 24.3 Å². The van der Waals surface area contributed by atoms with Gasteiger partial charge in [-0.1, -0.05) is 23.7 Å². The highest BCUT2D eigenvalue weighted by atomic mass is 35.5. The van der Waals surface area contributed by atoms with Crippen LogP contribution in [0.3, 0.4) is 0 Å². The van der Waals surface area contributed by atoms with Crippen LogP contribution in [0.4, 0.5) is 11.5 Å². The predicted octanol–water partition coefficient (Wildman–Crippen LogP) is 2.94. The Hall–Kier alpha value is -3.72. The zero-order chi connectivity index (χ0) is 21.8. The molecule has 1 amide bonds. The Morgan fingerprint density at radius 1 is 1.06 bits per heavy atom. The maximum Gasteiger partial charge on any atom is 0.249 e. The summed E-state index contributed by atoms with van der Waals surface area (Å²) in [6, 6.07) is 17.0. The molecule has 9 nitrogen and oxygen atoms in total. The Labute approximate surface area is 184 Å². The van der Waals surface area contributed by atoms with E-state index in [0.717, 1.165) is 16.8 Å². The number of aromatic nitrogens is 6. The SMILES string of the molecule is CN(C)c1ccc(Cn2nccc2NC(=O)Cn2nnc(-c3ccc(Cl)cc3)n2)cc1. The lowest BCUT2D eigenvalue weighted by Crippen LogP contribution is -2.22. The van der Waals surface area contributed by atoms with Crippen molar-refractivity contribution in [1.29, 1.82) is 0 Å². The highest BCUT2D eigenvalue weighted by Crippen LogP contribution is 2.17. The van der Waals surface area contributed by atoms with Gasteiger partial charge in [0.15, 0.2) is 0 Å². The molecule has 158 valence electrons. The molecule has 2 aromatic heterocycles. The number of nitrogens with one attached hydrogen (secondary N) is 1. The van der Waals surface area contributed by atoms with Crippen LogP contribution in [0.1, 0.15) is 5.56 Å². The molecule has 10 heteroatoms. The molecule has 0 bridgehead atoms. The van der Waals surface area contributed by atoms with Crippen LogP contribution in [0.5, 0.6) is 0 Å². The minimum absolute atomic E-state index is 0.0662. The number of amides is 1. The molecule has 0 spiro atoms. The van der Waals surface area contributed by atoms with Crippen LogP contribution >= 0.6 is 11.6 Å². The van der Waals surface area contributed by atoms with Crippen molar-refractivity contribution in [2.24, 2.45) is 0 Å². The standard InChI is InChI=1S/C21H21ClN8O/c1-28(2)18-9-3-15(4-10-18)13-29-19(11-12-23-29)24-20(31)14-30-26-21(25-27-30)16-5-7-17(22)8-6-16/h3-12H,13-14H2,1-2H3,(H,24,31). The maximum atomic E-state index is 12.5. The second-order valence-corrected chi connectivity index (χ2v) is 7.57. The predicted molar refractivity (Wildman–Crippen MR) is 119 cm³/mol. The molecule has 4 rings (SSSR count). The largest absolute Gasteiger partial charge is 0.378 e. The molecule has 31 heavy (non-hydrogen) atoms. The van der Waals surface area contributed by atoms with Crippen molar-refractivity contribution in [3.8, 4) is 11.4 Å². The van der Waals surface area contributed by atoms with E-state index in [1.54, 1.807) is 41.2 Å². The molecule has 2 heterocycles. The number of halogens is 1. The van der Waals surface area contributed by atoms with E-state index in [2.05, 4.69) is 25.8 Å². The van der Waals surface area contributed by atoms with Gasteiger partial charge in [-0.15, -0.1) is 10.2 Å². The molecule has 0 aliphatic heterocycles. The van der Waals surface area contributed by atoms with E-state index in [0.29, 0.717) is 23.2 Å². The van der Waals surface area contributed by atoms with E-state index in [-0.39, 0.29) is 12.5 Å². The molecule has 0 unspecified atom stereocenters. The lowest BCUT2D eigenvalue weighted by atomic mass is 10.2. The summed E-state index contributed by atoms with van der Waals surface area (Å²) in [5.74, 6) is 0.750. The third-order valence-corrected chi connectivity index (χ3v) is 4.86. The lowest BCUT2D eigenvalue weighted by Gasteiger charge is -2.13. The summed E-state index contributed by atoms with van der Waals surface area (Å²) in [6.45, 7) is 0.474. The highest BCUT2D eigenvalue weighted by molar-refractivity contribution is 6.30. The second kappa shape index (κ2) is 8.97. The molecule has 0 atom stereocenters. The lowest BCUT2D eigenvalue weighted by molar-refractivity contribution is -0.117. The van der Waals surface area contributed by atoms with Crippen LogP contribution in [0.25, 0.3) is 11.4 Å². The summed E-state index contributed by atoms with van der Waals surface area (Å²) in [6.07, 6.45) is 1.65. The number of nitrogens with zero attached hydrogens (tertiary/aromatic N) is 7.